The smallest absolute Gasteiger partial charge is 0.407 e. The molecule has 35 heavy (non-hydrogen) atoms. The zero-order chi connectivity index (χ0) is 24.8. The van der Waals surface area contributed by atoms with Gasteiger partial charge in [0, 0.05) is 24.9 Å². The molecule has 0 heterocycles. The summed E-state index contributed by atoms with van der Waals surface area (Å²) < 4.78 is 5.56. The quantitative estimate of drug-likeness (QED) is 0.512. The Morgan fingerprint density at radius 2 is 1.63 bits per heavy atom. The fraction of sp³-hybridized carbons (Fsp3) is 0.464. The number of rotatable bonds is 10. The highest BCUT2D eigenvalue weighted by molar-refractivity contribution is 5.82. The Hall–Kier alpha value is -3.35. The molecule has 0 bridgehead atoms. The Labute approximate surface area is 206 Å². The first-order chi connectivity index (χ1) is 16.9. The molecule has 4 rings (SSSR count). The Bertz CT molecular complexity index is 1020. The van der Waals surface area contributed by atoms with Crippen LogP contribution in [0.4, 0.5) is 4.79 Å². The molecule has 0 aromatic heterocycles. The molecule has 2 aromatic carbocycles. The van der Waals surface area contributed by atoms with E-state index in [1.807, 2.05) is 31.2 Å². The number of nitrogens with one attached hydrogen (secondary N) is 1. The second-order valence-electron chi connectivity index (χ2n) is 9.70. The lowest BCUT2D eigenvalue weighted by atomic mass is 9.98. The number of hydrogen-bond acceptors (Lipinski definition) is 4. The highest BCUT2D eigenvalue weighted by atomic mass is 16.5. The standard InChI is InChI=1S/C28H34N2O5/c1-19(16-26(31)30(17-27(32)33)20-8-2-3-9-20)14-15-29-28(34)35-18-25-23-12-6-4-10-21(23)22-11-5-7-13-24(22)25/h4-7,10-13,19-20,25H,2-3,8-9,14-18H2,1H3,(H,29,34)(H,32,33). The van der Waals surface area contributed by atoms with Gasteiger partial charge >= 0.3 is 12.1 Å². The molecule has 2 aliphatic carbocycles. The molecule has 2 amide bonds. The van der Waals surface area contributed by atoms with Crippen molar-refractivity contribution < 1.29 is 24.2 Å². The molecule has 0 radical (unpaired) electrons. The number of amides is 2. The molecule has 7 nitrogen and oxygen atoms in total. The van der Waals surface area contributed by atoms with Crippen molar-refractivity contribution in [2.75, 3.05) is 19.7 Å². The van der Waals surface area contributed by atoms with Gasteiger partial charge in [-0.3, -0.25) is 9.59 Å². The lowest BCUT2D eigenvalue weighted by Gasteiger charge is -2.28. The number of ether oxygens (including phenoxy) is 1. The fourth-order valence-electron chi connectivity index (χ4n) is 5.37. The number of carbonyl (C=O) groups excluding carboxylic acids is 2. The van der Waals surface area contributed by atoms with E-state index in [1.165, 1.54) is 27.2 Å². The molecule has 0 aliphatic heterocycles. The third kappa shape index (κ3) is 6.02. The van der Waals surface area contributed by atoms with Crippen LogP contribution in [0.2, 0.25) is 0 Å². The monoisotopic (exact) mass is 478 g/mol. The van der Waals surface area contributed by atoms with Crippen molar-refractivity contribution in [3.05, 3.63) is 59.7 Å². The van der Waals surface area contributed by atoms with Crippen LogP contribution in [0.1, 0.15) is 62.5 Å². The molecule has 1 fully saturated rings. The Balaban J connectivity index is 1.22. The van der Waals surface area contributed by atoms with Gasteiger partial charge in [0.25, 0.3) is 0 Å². The third-order valence-electron chi connectivity index (χ3n) is 7.16. The third-order valence-corrected chi connectivity index (χ3v) is 7.16. The number of carbonyl (C=O) groups is 3. The van der Waals surface area contributed by atoms with E-state index in [9.17, 15) is 19.5 Å². The second kappa shape index (κ2) is 11.4. The number of nitrogens with zero attached hydrogens (tertiary/aromatic N) is 1. The summed E-state index contributed by atoms with van der Waals surface area (Å²) in [5.74, 6) is -1.06. The number of fused-ring (bicyclic) bond motifs is 3. The van der Waals surface area contributed by atoms with Crippen LogP contribution < -0.4 is 5.32 Å². The van der Waals surface area contributed by atoms with Gasteiger partial charge < -0.3 is 20.1 Å². The molecule has 2 N–H and O–H groups in total. The molecule has 0 saturated heterocycles. The number of hydrogen-bond donors (Lipinski definition) is 2. The number of aliphatic carboxylic acids is 1. The Morgan fingerprint density at radius 3 is 2.23 bits per heavy atom. The normalized spacial score (nSPS) is 15.8. The fourth-order valence-corrected chi connectivity index (χ4v) is 5.37. The molecule has 186 valence electrons. The molecule has 0 spiro atoms. The van der Waals surface area contributed by atoms with Gasteiger partial charge in [-0.05, 0) is 47.4 Å². The molecule has 2 aliphatic rings. The molecular formula is C28H34N2O5. The first kappa shape index (κ1) is 24.8. The van der Waals surface area contributed by atoms with Crippen LogP contribution in [0.5, 0.6) is 0 Å². The van der Waals surface area contributed by atoms with Crippen LogP contribution in [0, 0.1) is 5.92 Å². The van der Waals surface area contributed by atoms with Gasteiger partial charge in [0.2, 0.25) is 5.91 Å². The zero-order valence-electron chi connectivity index (χ0n) is 20.2. The predicted molar refractivity (Wildman–Crippen MR) is 133 cm³/mol. The molecule has 1 unspecified atom stereocenters. The number of alkyl carbamates (subject to hydrolysis) is 1. The van der Waals surface area contributed by atoms with Gasteiger partial charge in [-0.1, -0.05) is 68.3 Å². The molecule has 1 saturated carbocycles. The predicted octanol–water partition coefficient (Wildman–Crippen LogP) is 4.80. The summed E-state index contributed by atoms with van der Waals surface area (Å²) in [6, 6.07) is 16.4. The Kier molecular flexibility index (Phi) is 8.06. The second-order valence-corrected chi connectivity index (χ2v) is 9.70. The summed E-state index contributed by atoms with van der Waals surface area (Å²) >= 11 is 0. The molecule has 7 heteroatoms. The van der Waals surface area contributed by atoms with Gasteiger partial charge in [0.15, 0.2) is 0 Å². The Morgan fingerprint density at radius 1 is 1.03 bits per heavy atom. The zero-order valence-corrected chi connectivity index (χ0v) is 20.2. The van der Waals surface area contributed by atoms with E-state index in [4.69, 9.17) is 4.74 Å². The van der Waals surface area contributed by atoms with Gasteiger partial charge in [-0.25, -0.2) is 4.79 Å². The highest BCUT2D eigenvalue weighted by Gasteiger charge is 2.30. The van der Waals surface area contributed by atoms with Crippen molar-refractivity contribution in [2.24, 2.45) is 5.92 Å². The van der Waals surface area contributed by atoms with Crippen molar-refractivity contribution in [1.29, 1.82) is 0 Å². The summed E-state index contributed by atoms with van der Waals surface area (Å²) in [5, 5.41) is 12.0. The number of carboxylic acids is 1. The van der Waals surface area contributed by atoms with Crippen molar-refractivity contribution in [2.45, 2.75) is 57.4 Å². The lowest BCUT2D eigenvalue weighted by Crippen LogP contribution is -2.42. The summed E-state index contributed by atoms with van der Waals surface area (Å²) in [6.45, 7) is 2.37. The van der Waals surface area contributed by atoms with Gasteiger partial charge in [0.05, 0.1) is 0 Å². The maximum Gasteiger partial charge on any atom is 0.407 e. The first-order valence-corrected chi connectivity index (χ1v) is 12.5. The van der Waals surface area contributed by atoms with E-state index < -0.39 is 12.1 Å². The van der Waals surface area contributed by atoms with Crippen molar-refractivity contribution >= 4 is 18.0 Å². The van der Waals surface area contributed by atoms with Crippen LogP contribution in [0.25, 0.3) is 11.1 Å². The van der Waals surface area contributed by atoms with E-state index in [0.29, 0.717) is 13.0 Å². The minimum absolute atomic E-state index is 0.0144. The summed E-state index contributed by atoms with van der Waals surface area (Å²) in [5.41, 5.74) is 4.71. The maximum atomic E-state index is 12.8. The van der Waals surface area contributed by atoms with Crippen molar-refractivity contribution in [3.8, 4) is 11.1 Å². The van der Waals surface area contributed by atoms with Crippen molar-refractivity contribution in [3.63, 3.8) is 0 Å². The average molecular weight is 479 g/mol. The minimum atomic E-state index is -0.977. The first-order valence-electron chi connectivity index (χ1n) is 12.5. The van der Waals surface area contributed by atoms with Crippen LogP contribution in [0.15, 0.2) is 48.5 Å². The number of benzene rings is 2. The van der Waals surface area contributed by atoms with Crippen LogP contribution in [-0.2, 0) is 14.3 Å². The van der Waals surface area contributed by atoms with E-state index >= 15 is 0 Å². The maximum absolute atomic E-state index is 12.8. The topological polar surface area (TPSA) is 95.9 Å². The van der Waals surface area contributed by atoms with Gasteiger partial charge in [-0.15, -0.1) is 0 Å². The van der Waals surface area contributed by atoms with E-state index in [-0.39, 0.29) is 43.4 Å². The SMILES string of the molecule is CC(CCNC(=O)OCC1c2ccccc2-c2ccccc21)CC(=O)N(CC(=O)O)C1CCCC1. The summed E-state index contributed by atoms with van der Waals surface area (Å²) in [6.07, 6.45) is 4.23. The van der Waals surface area contributed by atoms with Crippen molar-refractivity contribution in [1.82, 2.24) is 10.2 Å². The van der Waals surface area contributed by atoms with Crippen LogP contribution in [-0.4, -0.2) is 53.7 Å². The summed E-state index contributed by atoms with van der Waals surface area (Å²) in [7, 11) is 0. The molecular weight excluding hydrogens is 444 g/mol. The largest absolute Gasteiger partial charge is 0.480 e. The van der Waals surface area contributed by atoms with E-state index in [2.05, 4.69) is 29.6 Å². The summed E-state index contributed by atoms with van der Waals surface area (Å²) in [4.78, 5) is 37.9. The van der Waals surface area contributed by atoms with Gasteiger partial charge in [-0.2, -0.15) is 0 Å². The minimum Gasteiger partial charge on any atom is -0.480 e. The number of carboxylic acid groups (broad SMARTS) is 1. The van der Waals surface area contributed by atoms with E-state index in [1.54, 1.807) is 0 Å². The average Bonchev–Trinajstić information content (AvgIpc) is 3.48. The highest BCUT2D eigenvalue weighted by Crippen LogP contribution is 2.44. The molecule has 2 aromatic rings. The lowest BCUT2D eigenvalue weighted by molar-refractivity contribution is -0.146. The van der Waals surface area contributed by atoms with Gasteiger partial charge in [0.1, 0.15) is 13.2 Å². The molecule has 1 atom stereocenters. The van der Waals surface area contributed by atoms with Crippen LogP contribution in [0.3, 0.4) is 0 Å². The van der Waals surface area contributed by atoms with Crippen LogP contribution >= 0.6 is 0 Å². The van der Waals surface area contributed by atoms with E-state index in [0.717, 1.165) is 25.7 Å².